The lowest BCUT2D eigenvalue weighted by molar-refractivity contribution is -0.809. The number of hydrogen-bond donors (Lipinski definition) is 1. The van der Waals surface area contributed by atoms with E-state index < -0.39 is 60.1 Å². The number of fused-ring (bicyclic) bond motifs is 1. The first kappa shape index (κ1) is 35.8. The molecule has 2 aromatic carbocycles. The van der Waals surface area contributed by atoms with E-state index in [0.29, 0.717) is 31.5 Å². The molecule has 16 heteroatoms. The maximum absolute atomic E-state index is 15.4. The van der Waals surface area contributed by atoms with Crippen LogP contribution in [0.25, 0.3) is 0 Å². The van der Waals surface area contributed by atoms with Crippen molar-refractivity contribution in [2.45, 2.75) is 54.2 Å². The number of nitrogens with zero attached hydrogens (tertiary/aromatic N) is 4. The number of sulfonamides is 1. The minimum atomic E-state index is -5.20. The first-order chi connectivity index (χ1) is 23.9. The quantitative estimate of drug-likeness (QED) is 0.196. The van der Waals surface area contributed by atoms with E-state index in [0.717, 1.165) is 12.1 Å². The summed E-state index contributed by atoms with van der Waals surface area (Å²) in [6.07, 6.45) is 0.712. The van der Waals surface area contributed by atoms with Crippen LogP contribution in [0.15, 0.2) is 59.6 Å². The van der Waals surface area contributed by atoms with E-state index in [9.17, 15) is 14.7 Å². The molecule has 5 unspecified atom stereocenters. The molecule has 5 atom stereocenters. The maximum Gasteiger partial charge on any atom is 0.338 e. The number of amides is 2. The summed E-state index contributed by atoms with van der Waals surface area (Å²) < 4.78 is 60.6. The van der Waals surface area contributed by atoms with Gasteiger partial charge in [-0.2, -0.15) is 8.42 Å². The molecule has 3 aromatic rings. The van der Waals surface area contributed by atoms with Gasteiger partial charge < -0.3 is 34.3 Å². The number of anilines is 1. The third-order valence-corrected chi connectivity index (χ3v) is 12.9. The van der Waals surface area contributed by atoms with E-state index in [1.54, 1.807) is 19.1 Å². The number of carboxylic acid groups (broad SMARTS) is 1. The average Bonchev–Trinajstić information content (AvgIpc) is 3.42. The van der Waals surface area contributed by atoms with Crippen LogP contribution in [0.3, 0.4) is 0 Å². The third kappa shape index (κ3) is 5.74. The molecular weight excluding hydrogens is 693 g/mol. The minimum absolute atomic E-state index is 0.0848. The van der Waals surface area contributed by atoms with Crippen molar-refractivity contribution in [3.8, 4) is 17.4 Å². The molecule has 3 aliphatic heterocycles. The van der Waals surface area contributed by atoms with Crippen LogP contribution in [0.5, 0.6) is 17.4 Å². The molecular formula is C34H39ClFN5O8S. The number of alkyl halides is 1. The summed E-state index contributed by atoms with van der Waals surface area (Å²) >= 11 is 7.20. The Hall–Kier alpha value is -4.02. The molecule has 2 saturated heterocycles. The fourth-order valence-electron chi connectivity index (χ4n) is 7.75. The number of benzene rings is 2. The Morgan fingerprint density at radius 1 is 1.12 bits per heavy atom. The van der Waals surface area contributed by atoms with Gasteiger partial charge in [0.2, 0.25) is 11.8 Å². The van der Waals surface area contributed by atoms with Crippen LogP contribution >= 0.6 is 11.6 Å². The van der Waals surface area contributed by atoms with Crippen molar-refractivity contribution >= 4 is 39.3 Å². The highest BCUT2D eigenvalue weighted by molar-refractivity contribution is 7.86. The van der Waals surface area contributed by atoms with Crippen molar-refractivity contribution in [3.05, 3.63) is 71.7 Å². The summed E-state index contributed by atoms with van der Waals surface area (Å²) in [5.74, 6) is -2.80. The molecule has 50 heavy (non-hydrogen) atoms. The fourth-order valence-corrected chi connectivity index (χ4v) is 10.5. The van der Waals surface area contributed by atoms with Crippen LogP contribution < -0.4 is 24.6 Å². The van der Waals surface area contributed by atoms with Gasteiger partial charge in [0, 0.05) is 29.6 Å². The molecule has 4 heterocycles. The molecule has 3 aliphatic rings. The van der Waals surface area contributed by atoms with Gasteiger partial charge in [0.05, 0.1) is 33.4 Å². The zero-order valence-corrected chi connectivity index (χ0v) is 29.6. The highest BCUT2D eigenvalue weighted by Gasteiger charge is 2.69. The molecule has 2 amide bonds. The molecule has 13 nitrogen and oxygen atoms in total. The Morgan fingerprint density at radius 3 is 2.52 bits per heavy atom. The van der Waals surface area contributed by atoms with Gasteiger partial charge in [-0.3, -0.25) is 9.69 Å². The topological polar surface area (TPSA) is 150 Å². The van der Waals surface area contributed by atoms with E-state index >= 15 is 12.8 Å². The molecule has 0 bridgehead atoms. The third-order valence-electron chi connectivity index (χ3n) is 10.0. The van der Waals surface area contributed by atoms with Gasteiger partial charge in [-0.1, -0.05) is 17.7 Å². The monoisotopic (exact) mass is 731 g/mol. The van der Waals surface area contributed by atoms with Crippen molar-refractivity contribution in [2.75, 3.05) is 52.8 Å². The Bertz CT molecular complexity index is 1890. The number of piperidine rings is 1. The van der Waals surface area contributed by atoms with Gasteiger partial charge in [-0.05, 0) is 81.9 Å². The van der Waals surface area contributed by atoms with Gasteiger partial charge in [-0.15, -0.1) is 3.89 Å². The van der Waals surface area contributed by atoms with Crippen molar-refractivity contribution in [1.82, 2.24) is 14.8 Å². The lowest BCUT2D eigenvalue weighted by Gasteiger charge is -2.57. The Morgan fingerprint density at radius 2 is 1.86 bits per heavy atom. The highest BCUT2D eigenvalue weighted by atomic mass is 35.5. The maximum atomic E-state index is 15.4. The number of quaternary nitrogens is 1. The lowest BCUT2D eigenvalue weighted by atomic mass is 9.80. The minimum Gasteiger partial charge on any atom is -0.497 e. The van der Waals surface area contributed by atoms with E-state index in [1.165, 1.54) is 44.7 Å². The van der Waals surface area contributed by atoms with E-state index in [4.69, 9.17) is 25.8 Å². The van der Waals surface area contributed by atoms with E-state index in [-0.39, 0.29) is 47.8 Å². The van der Waals surface area contributed by atoms with Crippen molar-refractivity contribution < 1.29 is 45.6 Å². The van der Waals surface area contributed by atoms with Crippen LogP contribution in [0.1, 0.15) is 42.9 Å². The van der Waals surface area contributed by atoms with Crippen LogP contribution in [0, 0.1) is 5.82 Å². The number of ether oxygens (including phenoxy) is 3. The summed E-state index contributed by atoms with van der Waals surface area (Å²) in [4.78, 5) is 36.4. The standard InChI is InChI=1S/C34H39ClFN5O8S/c1-5-49-33-23(7-6-14-37-33)30-31(29-24-17-20(36)8-10-25(24)38-32(29)42)41(34(43)44,28(35)19-40(30)21-12-15-39(2)16-13-21)50(45,46)27-11-9-22(47-3)18-26(27)48-4/h6-11,14,17-18,21,28-31H,5,12-13,15-16,19H2,1-4H3,(H-,38,42,43,44). The molecule has 268 valence electrons. The molecule has 1 N–H and O–H groups in total. The molecule has 2 fully saturated rings. The van der Waals surface area contributed by atoms with E-state index in [1.807, 2.05) is 11.9 Å². The zero-order valence-electron chi connectivity index (χ0n) is 28.0. The van der Waals surface area contributed by atoms with Gasteiger partial charge in [0.15, 0.2) is 10.4 Å². The molecule has 1 aromatic heterocycles. The number of rotatable bonds is 9. The number of likely N-dealkylation sites (tertiary alicyclic amines) is 1. The van der Waals surface area contributed by atoms with Crippen molar-refractivity contribution in [3.63, 3.8) is 0 Å². The van der Waals surface area contributed by atoms with Gasteiger partial charge in [-0.25, -0.2) is 9.37 Å². The average molecular weight is 732 g/mol. The second-order valence-electron chi connectivity index (χ2n) is 12.6. The van der Waals surface area contributed by atoms with Gasteiger partial charge in [0.25, 0.3) is 6.09 Å². The van der Waals surface area contributed by atoms with Crippen molar-refractivity contribution in [1.29, 1.82) is 0 Å². The van der Waals surface area contributed by atoms with Crippen LogP contribution in [-0.2, 0) is 14.8 Å². The Labute approximate surface area is 295 Å². The predicted octanol–water partition coefficient (Wildman–Crippen LogP) is 3.31. The number of pyridine rings is 1. The van der Waals surface area contributed by atoms with Gasteiger partial charge >= 0.3 is 10.0 Å². The summed E-state index contributed by atoms with van der Waals surface area (Å²) in [6.45, 7) is 3.11. The first-order valence-corrected chi connectivity index (χ1v) is 18.1. The number of carbonyl (C=O) groups excluding carboxylic acids is 2. The second-order valence-corrected chi connectivity index (χ2v) is 15.1. The van der Waals surface area contributed by atoms with Gasteiger partial charge in [0.1, 0.15) is 29.3 Å². The number of hydrogen-bond acceptors (Lipinski definition) is 11. The number of aromatic nitrogens is 1. The number of nitrogens with one attached hydrogen (secondary N) is 1. The number of methoxy groups -OCH3 is 2. The molecule has 0 spiro atoms. The normalized spacial score (nSPS) is 26.2. The van der Waals surface area contributed by atoms with Crippen molar-refractivity contribution in [2.24, 2.45) is 0 Å². The Kier molecular flexibility index (Phi) is 9.98. The van der Waals surface area contributed by atoms with E-state index in [2.05, 4.69) is 15.2 Å². The second kappa shape index (κ2) is 13.9. The molecule has 0 aliphatic carbocycles. The Balaban J connectivity index is 1.72. The SMILES string of the molecule is CCOc1ncccc1C1C(C2C(=O)Nc3ccc(F)cc32)[N+](C(=O)[O-])(S(=O)(=O)c2ccc(OC)cc2OC)C(Cl)CN1C1CCN(C)CC1. The molecule has 0 saturated carbocycles. The first-order valence-electron chi connectivity index (χ1n) is 16.2. The van der Waals surface area contributed by atoms with Crippen LogP contribution in [-0.4, -0.2) is 104 Å². The number of carbonyl (C=O) groups is 2. The van der Waals surface area contributed by atoms with Crippen LogP contribution in [0.2, 0.25) is 0 Å². The number of piperazine rings is 1. The number of halogens is 2. The molecule has 0 radical (unpaired) electrons. The highest BCUT2D eigenvalue weighted by Crippen LogP contribution is 2.55. The summed E-state index contributed by atoms with van der Waals surface area (Å²) in [5, 5.41) is 16.8. The summed E-state index contributed by atoms with van der Waals surface area (Å²) in [6, 6.07) is 7.62. The smallest absolute Gasteiger partial charge is 0.338 e. The molecule has 6 rings (SSSR count). The fraction of sp³-hybridized carbons (Fsp3) is 0.441. The zero-order chi connectivity index (χ0) is 36.0. The largest absolute Gasteiger partial charge is 0.497 e. The summed E-state index contributed by atoms with van der Waals surface area (Å²) in [5.41, 5.74) is -1.08. The predicted molar refractivity (Wildman–Crippen MR) is 179 cm³/mol. The van der Waals surface area contributed by atoms with Crippen LogP contribution in [0.4, 0.5) is 14.9 Å². The lowest BCUT2D eigenvalue weighted by Crippen LogP contribution is -2.78. The summed E-state index contributed by atoms with van der Waals surface area (Å²) in [7, 11) is -0.585.